The molecule has 1 aromatic carbocycles. The van der Waals surface area contributed by atoms with Crippen LogP contribution < -0.4 is 10.6 Å². The quantitative estimate of drug-likeness (QED) is 0.409. The fourth-order valence-electron chi connectivity index (χ4n) is 6.31. The van der Waals surface area contributed by atoms with Crippen LogP contribution in [0.4, 0.5) is 5.69 Å². The number of ether oxygens (including phenoxy) is 2. The molecule has 4 aliphatic rings. The highest BCUT2D eigenvalue weighted by molar-refractivity contribution is 6.31. The van der Waals surface area contributed by atoms with Crippen LogP contribution >= 0.6 is 11.6 Å². The van der Waals surface area contributed by atoms with Gasteiger partial charge in [0, 0.05) is 37.0 Å². The van der Waals surface area contributed by atoms with Crippen molar-refractivity contribution in [1.82, 2.24) is 10.2 Å². The Bertz CT molecular complexity index is 1070. The topological polar surface area (TPSA) is 97.0 Å². The first-order chi connectivity index (χ1) is 17.4. The third-order valence-electron chi connectivity index (χ3n) is 8.06. The Hall–Kier alpha value is -2.42. The largest absolute Gasteiger partial charge is 0.385 e. The van der Waals surface area contributed by atoms with Crippen LogP contribution in [0.1, 0.15) is 44.1 Å². The minimum absolute atomic E-state index is 0.102. The molecule has 36 heavy (non-hydrogen) atoms. The molecule has 3 heterocycles. The van der Waals surface area contributed by atoms with E-state index in [1.807, 2.05) is 25.1 Å². The second kappa shape index (κ2) is 10.1. The van der Waals surface area contributed by atoms with Crippen molar-refractivity contribution in [2.24, 2.45) is 11.8 Å². The lowest BCUT2D eigenvalue weighted by Crippen LogP contribution is -2.56. The number of hydrogen-bond acceptors (Lipinski definition) is 5. The van der Waals surface area contributed by atoms with Gasteiger partial charge in [-0.05, 0) is 43.9 Å². The highest BCUT2D eigenvalue weighted by Gasteiger charge is 2.72. The zero-order chi connectivity index (χ0) is 25.4. The summed E-state index contributed by atoms with van der Waals surface area (Å²) in [5.74, 6) is -2.23. The second-order valence-corrected chi connectivity index (χ2v) is 10.8. The summed E-state index contributed by atoms with van der Waals surface area (Å²) in [6.45, 7) is 2.72. The molecule has 2 bridgehead atoms. The molecule has 3 aliphatic heterocycles. The molecule has 9 heteroatoms. The lowest BCUT2D eigenvalue weighted by molar-refractivity contribution is -0.141. The summed E-state index contributed by atoms with van der Waals surface area (Å²) >= 11 is 6.24. The Morgan fingerprint density at radius 3 is 2.72 bits per heavy atom. The summed E-state index contributed by atoms with van der Waals surface area (Å²) in [5, 5.41) is 6.66. The molecule has 1 spiro atoms. The number of methoxy groups -OCH3 is 1. The Morgan fingerprint density at radius 2 is 2.00 bits per heavy atom. The smallest absolute Gasteiger partial charge is 0.246 e. The number of halogens is 1. The summed E-state index contributed by atoms with van der Waals surface area (Å²) in [7, 11) is 1.61. The van der Waals surface area contributed by atoms with Crippen LogP contribution in [0.2, 0.25) is 5.02 Å². The lowest BCUT2D eigenvalue weighted by Gasteiger charge is -2.34. The Labute approximate surface area is 216 Å². The van der Waals surface area contributed by atoms with E-state index in [0.717, 1.165) is 31.2 Å². The summed E-state index contributed by atoms with van der Waals surface area (Å²) in [5.41, 5.74) is 0.315. The average Bonchev–Trinajstić information content (AvgIpc) is 3.50. The molecule has 0 radical (unpaired) electrons. The normalized spacial score (nSPS) is 31.1. The number of aryl methyl sites for hydroxylation is 1. The van der Waals surface area contributed by atoms with Crippen LogP contribution in [0.25, 0.3) is 0 Å². The maximum absolute atomic E-state index is 13.8. The molecule has 8 nitrogen and oxygen atoms in total. The van der Waals surface area contributed by atoms with E-state index in [1.165, 1.54) is 6.42 Å². The molecule has 2 N–H and O–H groups in total. The van der Waals surface area contributed by atoms with E-state index in [2.05, 4.69) is 10.6 Å². The molecule has 194 valence electrons. The van der Waals surface area contributed by atoms with Gasteiger partial charge in [-0.1, -0.05) is 49.1 Å². The Balaban J connectivity index is 1.41. The minimum Gasteiger partial charge on any atom is -0.385 e. The third-order valence-corrected chi connectivity index (χ3v) is 8.47. The zero-order valence-electron chi connectivity index (χ0n) is 20.8. The molecule has 1 aromatic rings. The van der Waals surface area contributed by atoms with Gasteiger partial charge in [0.15, 0.2) is 0 Å². The van der Waals surface area contributed by atoms with Crippen molar-refractivity contribution in [3.63, 3.8) is 0 Å². The first-order valence-corrected chi connectivity index (χ1v) is 13.3. The summed E-state index contributed by atoms with van der Waals surface area (Å²) < 4.78 is 11.6. The summed E-state index contributed by atoms with van der Waals surface area (Å²) in [6.07, 6.45) is 8.93. The van der Waals surface area contributed by atoms with E-state index < -0.39 is 29.6 Å². The molecule has 3 fully saturated rings. The number of benzene rings is 1. The molecule has 0 aromatic heterocycles. The fourth-order valence-corrected chi connectivity index (χ4v) is 6.49. The SMILES string of the molecule is COCCCN1C(=O)[C@@H]2[C@@H](C(=O)Nc3ccc(C)c(Cl)c3)[C@@H]3C=C[C@@]2(O3)[C@@H]1C(=O)NC1CCCCC1. The maximum atomic E-state index is 13.8. The number of likely N-dealkylation sites (tertiary alicyclic amines) is 1. The highest BCUT2D eigenvalue weighted by Crippen LogP contribution is 2.55. The fraction of sp³-hybridized carbons (Fsp3) is 0.593. The average molecular weight is 516 g/mol. The zero-order valence-corrected chi connectivity index (χ0v) is 21.6. The van der Waals surface area contributed by atoms with Gasteiger partial charge in [-0.15, -0.1) is 0 Å². The van der Waals surface area contributed by atoms with Crippen LogP contribution in [0.5, 0.6) is 0 Å². The van der Waals surface area contributed by atoms with Crippen LogP contribution in [-0.2, 0) is 23.9 Å². The van der Waals surface area contributed by atoms with E-state index in [0.29, 0.717) is 30.3 Å². The van der Waals surface area contributed by atoms with Gasteiger partial charge in [0.2, 0.25) is 17.7 Å². The number of carbonyl (C=O) groups is 3. The van der Waals surface area contributed by atoms with Gasteiger partial charge in [0.1, 0.15) is 11.6 Å². The molecule has 1 aliphatic carbocycles. The molecule has 3 amide bonds. The van der Waals surface area contributed by atoms with Crippen molar-refractivity contribution in [3.05, 3.63) is 40.9 Å². The van der Waals surface area contributed by atoms with Crippen molar-refractivity contribution >= 4 is 35.0 Å². The standard InChI is InChI=1S/C27H34ClN3O5/c1-16-9-10-18(15-19(16)28)30-24(32)21-20-11-12-27(36-20)22(21)26(34)31(13-6-14-35-2)23(27)25(33)29-17-7-4-3-5-8-17/h9-12,15,17,20-23H,3-8,13-14H2,1-2H3,(H,29,33)(H,30,32)/t20-,21-,22-,23-,27-/m0/s1. The van der Waals surface area contributed by atoms with Gasteiger partial charge in [-0.2, -0.15) is 0 Å². The van der Waals surface area contributed by atoms with Gasteiger partial charge >= 0.3 is 0 Å². The summed E-state index contributed by atoms with van der Waals surface area (Å²) in [6, 6.07) is 4.60. The summed E-state index contributed by atoms with van der Waals surface area (Å²) in [4.78, 5) is 42.6. The van der Waals surface area contributed by atoms with Gasteiger partial charge in [-0.25, -0.2) is 0 Å². The number of anilines is 1. The predicted octanol–water partition coefficient (Wildman–Crippen LogP) is 3.22. The highest BCUT2D eigenvalue weighted by atomic mass is 35.5. The predicted molar refractivity (Wildman–Crippen MR) is 136 cm³/mol. The van der Waals surface area contributed by atoms with E-state index in [4.69, 9.17) is 21.1 Å². The van der Waals surface area contributed by atoms with Crippen molar-refractivity contribution in [3.8, 4) is 0 Å². The van der Waals surface area contributed by atoms with E-state index in [1.54, 1.807) is 24.1 Å². The van der Waals surface area contributed by atoms with E-state index in [-0.39, 0.29) is 23.8 Å². The third kappa shape index (κ3) is 4.33. The number of carbonyl (C=O) groups excluding carboxylic acids is 3. The number of nitrogens with zero attached hydrogens (tertiary/aromatic N) is 1. The van der Waals surface area contributed by atoms with E-state index >= 15 is 0 Å². The van der Waals surface area contributed by atoms with Gasteiger partial charge in [-0.3, -0.25) is 14.4 Å². The molecule has 5 rings (SSSR count). The monoisotopic (exact) mass is 515 g/mol. The van der Waals surface area contributed by atoms with Crippen molar-refractivity contribution in [2.75, 3.05) is 25.6 Å². The minimum atomic E-state index is -1.15. The number of hydrogen-bond donors (Lipinski definition) is 2. The Morgan fingerprint density at radius 1 is 1.22 bits per heavy atom. The van der Waals surface area contributed by atoms with Crippen molar-refractivity contribution < 1.29 is 23.9 Å². The Kier molecular flexibility index (Phi) is 7.12. The maximum Gasteiger partial charge on any atom is 0.246 e. The van der Waals surface area contributed by atoms with Gasteiger partial charge in [0.05, 0.1) is 17.9 Å². The number of nitrogens with one attached hydrogen (secondary N) is 2. The first-order valence-electron chi connectivity index (χ1n) is 12.9. The first kappa shape index (κ1) is 25.2. The van der Waals surface area contributed by atoms with Crippen LogP contribution in [-0.4, -0.2) is 66.7 Å². The van der Waals surface area contributed by atoms with Gasteiger partial charge < -0.3 is 25.0 Å². The number of amides is 3. The van der Waals surface area contributed by atoms with E-state index in [9.17, 15) is 14.4 Å². The van der Waals surface area contributed by atoms with Gasteiger partial charge in [0.25, 0.3) is 0 Å². The van der Waals surface area contributed by atoms with Crippen LogP contribution in [0.15, 0.2) is 30.4 Å². The number of rotatable bonds is 8. The lowest BCUT2D eigenvalue weighted by atomic mass is 9.74. The molecule has 0 unspecified atom stereocenters. The molecule has 5 atom stereocenters. The van der Waals surface area contributed by atoms with Crippen LogP contribution in [0, 0.1) is 18.8 Å². The molecular formula is C27H34ClN3O5. The molecule has 2 saturated heterocycles. The second-order valence-electron chi connectivity index (χ2n) is 10.4. The van der Waals surface area contributed by atoms with Crippen molar-refractivity contribution in [2.45, 2.75) is 69.2 Å². The molecular weight excluding hydrogens is 482 g/mol. The number of fused-ring (bicyclic) bond motifs is 1. The molecule has 1 saturated carbocycles. The van der Waals surface area contributed by atoms with Crippen LogP contribution in [0.3, 0.4) is 0 Å². The van der Waals surface area contributed by atoms with Crippen molar-refractivity contribution in [1.29, 1.82) is 0 Å².